The molecule has 1 aromatic rings. The topological polar surface area (TPSA) is 64.6 Å². The number of piperidine rings is 1. The molecule has 1 heterocycles. The summed E-state index contributed by atoms with van der Waals surface area (Å²) in [6, 6.07) is 4.17. The van der Waals surface area contributed by atoms with Crippen LogP contribution in [0.4, 0.5) is 20.6 Å². The molecule has 1 aliphatic heterocycles. The number of amides is 2. The summed E-state index contributed by atoms with van der Waals surface area (Å²) in [5.41, 5.74) is 1.36. The van der Waals surface area contributed by atoms with Crippen LogP contribution in [0.25, 0.3) is 0 Å². The van der Waals surface area contributed by atoms with Gasteiger partial charge >= 0.3 is 6.03 Å². The van der Waals surface area contributed by atoms with E-state index in [2.05, 4.69) is 15.5 Å². The molecule has 1 aromatic carbocycles. The van der Waals surface area contributed by atoms with Crippen LogP contribution in [0.5, 0.6) is 0 Å². The van der Waals surface area contributed by atoms with E-state index in [0.29, 0.717) is 18.7 Å². The number of carbonyl (C=O) groups is 1. The van der Waals surface area contributed by atoms with Gasteiger partial charge < -0.3 is 20.6 Å². The minimum absolute atomic E-state index is 0.171. The van der Waals surface area contributed by atoms with Crippen LogP contribution in [0.15, 0.2) is 18.2 Å². The number of halogens is 1. The van der Waals surface area contributed by atoms with Gasteiger partial charge in [0.15, 0.2) is 0 Å². The van der Waals surface area contributed by atoms with E-state index in [1.165, 1.54) is 18.6 Å². The number of hydrogen-bond acceptors (Lipinski definition) is 3. The van der Waals surface area contributed by atoms with E-state index in [1.54, 1.807) is 13.0 Å². The molecule has 0 bridgehead atoms. The first-order valence-electron chi connectivity index (χ1n) is 8.73. The molecule has 0 saturated carbocycles. The minimum atomic E-state index is -0.390. The van der Waals surface area contributed by atoms with Crippen LogP contribution in [0.3, 0.4) is 0 Å². The summed E-state index contributed by atoms with van der Waals surface area (Å²) in [6.07, 6.45) is 3.67. The molecule has 2 unspecified atom stereocenters. The van der Waals surface area contributed by atoms with Gasteiger partial charge in [0, 0.05) is 19.6 Å². The van der Waals surface area contributed by atoms with Crippen molar-refractivity contribution in [3.63, 3.8) is 0 Å². The Morgan fingerprint density at radius 1 is 1.29 bits per heavy atom. The third-order valence-electron chi connectivity index (χ3n) is 4.26. The second-order valence-corrected chi connectivity index (χ2v) is 6.73. The Labute approximate surface area is 143 Å². The molecular weight excluding hydrogens is 309 g/mol. The molecule has 1 fully saturated rings. The summed E-state index contributed by atoms with van der Waals surface area (Å²) in [6.45, 7) is 6.01. The summed E-state index contributed by atoms with van der Waals surface area (Å²) in [7, 11) is 0. The molecule has 1 aliphatic rings. The fourth-order valence-electron chi connectivity index (χ4n) is 3.12. The van der Waals surface area contributed by atoms with Crippen molar-refractivity contribution in [1.82, 2.24) is 5.32 Å². The number of rotatable bonds is 6. The van der Waals surface area contributed by atoms with Crippen molar-refractivity contribution in [2.75, 3.05) is 29.9 Å². The van der Waals surface area contributed by atoms with Crippen molar-refractivity contribution in [2.45, 2.75) is 45.6 Å². The number of nitrogens with one attached hydrogen (secondary N) is 2. The van der Waals surface area contributed by atoms with Crippen LogP contribution in [-0.2, 0) is 0 Å². The van der Waals surface area contributed by atoms with Crippen molar-refractivity contribution < 1.29 is 14.3 Å². The Balaban J connectivity index is 1.97. The highest BCUT2D eigenvalue weighted by molar-refractivity contribution is 5.93. The highest BCUT2D eigenvalue weighted by Crippen LogP contribution is 2.29. The first-order chi connectivity index (χ1) is 11.5. The molecule has 6 heteroatoms. The van der Waals surface area contributed by atoms with E-state index in [4.69, 9.17) is 0 Å². The molecule has 2 amide bonds. The lowest BCUT2D eigenvalue weighted by Crippen LogP contribution is -2.35. The second kappa shape index (κ2) is 8.87. The zero-order chi connectivity index (χ0) is 17.5. The monoisotopic (exact) mass is 337 g/mol. The number of aliphatic hydroxyl groups excluding tert-OH is 1. The Hall–Kier alpha value is -1.82. The van der Waals surface area contributed by atoms with Crippen molar-refractivity contribution >= 4 is 17.4 Å². The van der Waals surface area contributed by atoms with Gasteiger partial charge in [-0.25, -0.2) is 9.18 Å². The standard InChI is InChI=1S/C18H28FN3O2/c1-13(10-14(2)23)12-20-18(24)21-16-11-15(19)6-7-17(16)22-8-4-3-5-9-22/h6-7,11,13-14,23H,3-5,8-10,12H2,1-2H3,(H2,20,21,24). The zero-order valence-electron chi connectivity index (χ0n) is 14.5. The minimum Gasteiger partial charge on any atom is -0.393 e. The predicted octanol–water partition coefficient (Wildman–Crippen LogP) is 3.34. The number of aliphatic hydroxyl groups is 1. The largest absolute Gasteiger partial charge is 0.393 e. The van der Waals surface area contributed by atoms with Gasteiger partial charge in [0.1, 0.15) is 5.82 Å². The molecule has 5 nitrogen and oxygen atoms in total. The maximum absolute atomic E-state index is 13.6. The fourth-order valence-corrected chi connectivity index (χ4v) is 3.12. The molecule has 0 spiro atoms. The Morgan fingerprint density at radius 3 is 2.67 bits per heavy atom. The average Bonchev–Trinajstić information content (AvgIpc) is 2.53. The highest BCUT2D eigenvalue weighted by Gasteiger charge is 2.17. The number of nitrogens with zero attached hydrogens (tertiary/aromatic N) is 1. The number of urea groups is 1. The van der Waals surface area contributed by atoms with Gasteiger partial charge in [0.05, 0.1) is 17.5 Å². The van der Waals surface area contributed by atoms with Crippen LogP contribution in [0.1, 0.15) is 39.5 Å². The third-order valence-corrected chi connectivity index (χ3v) is 4.26. The summed E-state index contributed by atoms with van der Waals surface area (Å²) in [4.78, 5) is 14.3. The molecule has 24 heavy (non-hydrogen) atoms. The maximum Gasteiger partial charge on any atom is 0.319 e. The molecule has 0 aromatic heterocycles. The molecule has 2 rings (SSSR count). The SMILES string of the molecule is CC(O)CC(C)CNC(=O)Nc1cc(F)ccc1N1CCCCC1. The van der Waals surface area contributed by atoms with E-state index >= 15 is 0 Å². The Kier molecular flexibility index (Phi) is 6.85. The number of benzene rings is 1. The summed E-state index contributed by atoms with van der Waals surface area (Å²) < 4.78 is 13.6. The third kappa shape index (κ3) is 5.67. The van der Waals surface area contributed by atoms with Crippen molar-refractivity contribution in [3.05, 3.63) is 24.0 Å². The molecule has 1 saturated heterocycles. The second-order valence-electron chi connectivity index (χ2n) is 6.73. The highest BCUT2D eigenvalue weighted by atomic mass is 19.1. The van der Waals surface area contributed by atoms with Gasteiger partial charge in [-0.05, 0) is 56.7 Å². The van der Waals surface area contributed by atoms with Gasteiger partial charge in [0.25, 0.3) is 0 Å². The predicted molar refractivity (Wildman–Crippen MR) is 94.9 cm³/mol. The van der Waals surface area contributed by atoms with Crippen LogP contribution >= 0.6 is 0 Å². The van der Waals surface area contributed by atoms with Crippen molar-refractivity contribution in [2.24, 2.45) is 5.92 Å². The van der Waals surface area contributed by atoms with Crippen LogP contribution < -0.4 is 15.5 Å². The number of anilines is 2. The zero-order valence-corrected chi connectivity index (χ0v) is 14.5. The van der Waals surface area contributed by atoms with Crippen molar-refractivity contribution in [3.8, 4) is 0 Å². The summed E-state index contributed by atoms with van der Waals surface area (Å²) >= 11 is 0. The molecular formula is C18H28FN3O2. The average molecular weight is 337 g/mol. The van der Waals surface area contributed by atoms with E-state index < -0.39 is 6.10 Å². The first kappa shape index (κ1) is 18.5. The molecule has 0 radical (unpaired) electrons. The summed E-state index contributed by atoms with van der Waals surface area (Å²) in [5.74, 6) is -0.196. The smallest absolute Gasteiger partial charge is 0.319 e. The van der Waals surface area contributed by atoms with Crippen LogP contribution in [0.2, 0.25) is 0 Å². The lowest BCUT2D eigenvalue weighted by molar-refractivity contribution is 0.163. The number of carbonyl (C=O) groups excluding carboxylic acids is 1. The van der Waals surface area contributed by atoms with E-state index in [-0.39, 0.29) is 17.8 Å². The van der Waals surface area contributed by atoms with Gasteiger partial charge in [-0.1, -0.05) is 6.92 Å². The first-order valence-corrected chi connectivity index (χ1v) is 8.73. The molecule has 0 aliphatic carbocycles. The van der Waals surface area contributed by atoms with Gasteiger partial charge in [-0.2, -0.15) is 0 Å². The van der Waals surface area contributed by atoms with E-state index in [1.807, 2.05) is 6.92 Å². The number of hydrogen-bond donors (Lipinski definition) is 3. The van der Waals surface area contributed by atoms with Crippen LogP contribution in [0, 0.1) is 11.7 Å². The Bertz CT molecular complexity index is 545. The molecule has 2 atom stereocenters. The quantitative estimate of drug-likeness (QED) is 0.746. The molecule has 3 N–H and O–H groups in total. The lowest BCUT2D eigenvalue weighted by Gasteiger charge is -2.30. The van der Waals surface area contributed by atoms with Crippen LogP contribution in [-0.4, -0.2) is 36.9 Å². The van der Waals surface area contributed by atoms with E-state index in [9.17, 15) is 14.3 Å². The fraction of sp³-hybridized carbons (Fsp3) is 0.611. The summed E-state index contributed by atoms with van der Waals surface area (Å²) in [5, 5.41) is 14.9. The van der Waals surface area contributed by atoms with Gasteiger partial charge in [0.2, 0.25) is 0 Å². The Morgan fingerprint density at radius 2 is 2.00 bits per heavy atom. The maximum atomic E-state index is 13.6. The normalized spacial score (nSPS) is 17.2. The van der Waals surface area contributed by atoms with Gasteiger partial charge in [-0.15, -0.1) is 0 Å². The van der Waals surface area contributed by atoms with E-state index in [0.717, 1.165) is 31.6 Å². The van der Waals surface area contributed by atoms with Crippen molar-refractivity contribution in [1.29, 1.82) is 0 Å². The van der Waals surface area contributed by atoms with Gasteiger partial charge in [-0.3, -0.25) is 0 Å². The lowest BCUT2D eigenvalue weighted by atomic mass is 10.1. The molecule has 134 valence electrons.